The molecule has 0 heterocycles. The van der Waals surface area contributed by atoms with Crippen LogP contribution in [0.1, 0.15) is 33.6 Å². The maximum absolute atomic E-state index is 12.0. The third kappa shape index (κ3) is 4.67. The summed E-state index contributed by atoms with van der Waals surface area (Å²) in [5.41, 5.74) is 1.37. The minimum atomic E-state index is -0.595. The van der Waals surface area contributed by atoms with Gasteiger partial charge in [-0.1, -0.05) is 11.6 Å². The van der Waals surface area contributed by atoms with Gasteiger partial charge in [0.05, 0.1) is 5.56 Å². The average molecular weight is 358 g/mol. The van der Waals surface area contributed by atoms with Crippen LogP contribution in [-0.2, 0) is 9.53 Å². The van der Waals surface area contributed by atoms with Crippen molar-refractivity contribution in [3.8, 4) is 0 Å². The maximum atomic E-state index is 12.0. The number of benzene rings is 2. The lowest BCUT2D eigenvalue weighted by Gasteiger charge is -2.07. The molecule has 1 fully saturated rings. The smallest absolute Gasteiger partial charge is 0.338 e. The van der Waals surface area contributed by atoms with Crippen LogP contribution in [-0.4, -0.2) is 24.3 Å². The molecule has 0 bridgehead atoms. The first kappa shape index (κ1) is 17.2. The molecule has 0 spiro atoms. The summed E-state index contributed by atoms with van der Waals surface area (Å²) in [5.74, 6) is -0.784. The summed E-state index contributed by atoms with van der Waals surface area (Å²) in [6.45, 7) is -0.347. The predicted molar refractivity (Wildman–Crippen MR) is 93.9 cm³/mol. The second kappa shape index (κ2) is 7.49. The zero-order chi connectivity index (χ0) is 17.8. The number of hydrogen-bond acceptors (Lipinski definition) is 4. The highest BCUT2D eigenvalue weighted by Gasteiger charge is 2.29. The standard InChI is InChI=1S/C19H16ClNO4/c20-15-7-3-12(4-8-15)17(22)11-25-19(24)14-5-9-16(10-6-14)21-18(23)13-1-2-13/h3-10,13H,1-2,11H2,(H,21,23). The predicted octanol–water partition coefficient (Wildman–Crippen LogP) is 3.73. The highest BCUT2D eigenvalue weighted by atomic mass is 35.5. The van der Waals surface area contributed by atoms with E-state index in [1.54, 1.807) is 48.5 Å². The van der Waals surface area contributed by atoms with E-state index in [0.717, 1.165) is 12.8 Å². The molecule has 6 heteroatoms. The Hall–Kier alpha value is -2.66. The van der Waals surface area contributed by atoms with Gasteiger partial charge in [0.15, 0.2) is 12.4 Å². The van der Waals surface area contributed by atoms with Gasteiger partial charge in [0.25, 0.3) is 0 Å². The van der Waals surface area contributed by atoms with Crippen LogP contribution in [0.3, 0.4) is 0 Å². The van der Waals surface area contributed by atoms with E-state index in [0.29, 0.717) is 21.8 Å². The second-order valence-corrected chi connectivity index (χ2v) is 6.28. The van der Waals surface area contributed by atoms with Crippen molar-refractivity contribution in [1.82, 2.24) is 0 Å². The van der Waals surface area contributed by atoms with Crippen molar-refractivity contribution >= 4 is 34.9 Å². The first-order valence-corrected chi connectivity index (χ1v) is 8.27. The van der Waals surface area contributed by atoms with E-state index in [1.165, 1.54) is 0 Å². The molecule has 1 aliphatic rings. The lowest BCUT2D eigenvalue weighted by molar-refractivity contribution is -0.117. The molecule has 25 heavy (non-hydrogen) atoms. The van der Waals surface area contributed by atoms with Gasteiger partial charge in [0.1, 0.15) is 0 Å². The third-order valence-corrected chi connectivity index (χ3v) is 4.09. The number of rotatable bonds is 6. The Bertz CT molecular complexity index is 795. The van der Waals surface area contributed by atoms with E-state index in [2.05, 4.69) is 5.32 Å². The van der Waals surface area contributed by atoms with Gasteiger partial charge in [-0.15, -0.1) is 0 Å². The molecule has 0 saturated heterocycles. The van der Waals surface area contributed by atoms with Gasteiger partial charge in [-0.05, 0) is 61.4 Å². The average Bonchev–Trinajstić information content (AvgIpc) is 3.46. The molecule has 5 nitrogen and oxygen atoms in total. The van der Waals surface area contributed by atoms with Gasteiger partial charge >= 0.3 is 5.97 Å². The number of ether oxygens (including phenoxy) is 1. The molecule has 1 N–H and O–H groups in total. The number of carbonyl (C=O) groups excluding carboxylic acids is 3. The number of esters is 1. The van der Waals surface area contributed by atoms with Crippen molar-refractivity contribution < 1.29 is 19.1 Å². The van der Waals surface area contributed by atoms with Crippen LogP contribution in [0.5, 0.6) is 0 Å². The highest BCUT2D eigenvalue weighted by molar-refractivity contribution is 6.30. The molecule has 0 atom stereocenters. The van der Waals surface area contributed by atoms with E-state index in [9.17, 15) is 14.4 Å². The van der Waals surface area contributed by atoms with Crippen LogP contribution in [0.2, 0.25) is 5.02 Å². The third-order valence-electron chi connectivity index (χ3n) is 3.84. The van der Waals surface area contributed by atoms with Gasteiger partial charge in [0.2, 0.25) is 5.91 Å². The molecule has 1 amide bonds. The minimum Gasteiger partial charge on any atom is -0.454 e. The number of halogens is 1. The lowest BCUT2D eigenvalue weighted by Crippen LogP contribution is -2.15. The highest BCUT2D eigenvalue weighted by Crippen LogP contribution is 2.30. The molecule has 2 aromatic carbocycles. The van der Waals surface area contributed by atoms with Crippen LogP contribution in [0, 0.1) is 5.92 Å². The Labute approximate surface area is 149 Å². The molecule has 0 unspecified atom stereocenters. The van der Waals surface area contributed by atoms with Gasteiger partial charge in [0, 0.05) is 22.2 Å². The molecule has 0 aromatic heterocycles. The second-order valence-electron chi connectivity index (χ2n) is 5.85. The number of Topliss-reactive ketones (excluding diaryl/α,β-unsaturated/α-hetero) is 1. The van der Waals surface area contributed by atoms with E-state index in [1.807, 2.05) is 0 Å². The van der Waals surface area contributed by atoms with E-state index in [4.69, 9.17) is 16.3 Å². The summed E-state index contributed by atoms with van der Waals surface area (Å²) < 4.78 is 5.03. The van der Waals surface area contributed by atoms with Crippen LogP contribution in [0.4, 0.5) is 5.69 Å². The number of anilines is 1. The van der Waals surface area contributed by atoms with Gasteiger partial charge < -0.3 is 10.1 Å². The molecule has 3 rings (SSSR count). The first-order valence-electron chi connectivity index (χ1n) is 7.90. The molecule has 128 valence electrons. The largest absolute Gasteiger partial charge is 0.454 e. The Morgan fingerprint density at radius 2 is 1.56 bits per heavy atom. The zero-order valence-electron chi connectivity index (χ0n) is 13.3. The Morgan fingerprint density at radius 1 is 0.960 bits per heavy atom. The fourth-order valence-electron chi connectivity index (χ4n) is 2.21. The SMILES string of the molecule is O=C(COC(=O)c1ccc(NC(=O)C2CC2)cc1)c1ccc(Cl)cc1. The molecule has 2 aromatic rings. The van der Waals surface area contributed by atoms with Crippen LogP contribution < -0.4 is 5.32 Å². The zero-order valence-corrected chi connectivity index (χ0v) is 14.1. The Morgan fingerprint density at radius 3 is 2.16 bits per heavy atom. The van der Waals surface area contributed by atoms with Crippen molar-refractivity contribution in [1.29, 1.82) is 0 Å². The number of nitrogens with one attached hydrogen (secondary N) is 1. The molecular formula is C19H16ClNO4. The van der Waals surface area contributed by atoms with Crippen molar-refractivity contribution in [3.63, 3.8) is 0 Å². The quantitative estimate of drug-likeness (QED) is 0.631. The summed E-state index contributed by atoms with van der Waals surface area (Å²) in [7, 11) is 0. The number of hydrogen-bond donors (Lipinski definition) is 1. The van der Waals surface area contributed by atoms with Crippen LogP contribution in [0.15, 0.2) is 48.5 Å². The summed E-state index contributed by atoms with van der Waals surface area (Å²) in [6.07, 6.45) is 1.86. The van der Waals surface area contributed by atoms with E-state index >= 15 is 0 Å². The first-order chi connectivity index (χ1) is 12.0. The molecule has 1 aliphatic carbocycles. The van der Waals surface area contributed by atoms with Crippen LogP contribution >= 0.6 is 11.6 Å². The van der Waals surface area contributed by atoms with Crippen molar-refractivity contribution in [2.45, 2.75) is 12.8 Å². The number of carbonyl (C=O) groups is 3. The number of amides is 1. The minimum absolute atomic E-state index is 0.00360. The molecule has 0 radical (unpaired) electrons. The molecule has 1 saturated carbocycles. The van der Waals surface area contributed by atoms with E-state index < -0.39 is 5.97 Å². The monoisotopic (exact) mass is 357 g/mol. The molecular weight excluding hydrogens is 342 g/mol. The topological polar surface area (TPSA) is 72.5 Å². The lowest BCUT2D eigenvalue weighted by atomic mass is 10.1. The van der Waals surface area contributed by atoms with E-state index in [-0.39, 0.29) is 24.2 Å². The van der Waals surface area contributed by atoms with Crippen molar-refractivity contribution in [2.75, 3.05) is 11.9 Å². The fourth-order valence-corrected chi connectivity index (χ4v) is 2.34. The van der Waals surface area contributed by atoms with Crippen molar-refractivity contribution in [2.24, 2.45) is 5.92 Å². The summed E-state index contributed by atoms with van der Waals surface area (Å²) in [6, 6.07) is 12.7. The van der Waals surface area contributed by atoms with Crippen LogP contribution in [0.25, 0.3) is 0 Å². The molecule has 0 aliphatic heterocycles. The Balaban J connectivity index is 1.53. The summed E-state index contributed by atoms with van der Waals surface area (Å²) in [4.78, 5) is 35.7. The summed E-state index contributed by atoms with van der Waals surface area (Å²) in [5, 5.41) is 3.32. The number of ketones is 1. The Kier molecular flexibility index (Phi) is 5.14. The maximum Gasteiger partial charge on any atom is 0.338 e. The van der Waals surface area contributed by atoms with Gasteiger partial charge in [-0.2, -0.15) is 0 Å². The van der Waals surface area contributed by atoms with Crippen molar-refractivity contribution in [3.05, 3.63) is 64.7 Å². The fraction of sp³-hybridized carbons (Fsp3) is 0.211. The van der Waals surface area contributed by atoms with Gasteiger partial charge in [-0.3, -0.25) is 9.59 Å². The normalized spacial score (nSPS) is 13.2. The summed E-state index contributed by atoms with van der Waals surface area (Å²) >= 11 is 5.77. The van der Waals surface area contributed by atoms with Gasteiger partial charge in [-0.25, -0.2) is 4.79 Å².